The van der Waals surface area contributed by atoms with Gasteiger partial charge in [-0.15, -0.1) is 0 Å². The van der Waals surface area contributed by atoms with E-state index in [1.54, 1.807) is 13.3 Å². The number of carbonyl (C=O) groups excluding carboxylic acids is 1. The van der Waals surface area contributed by atoms with Gasteiger partial charge in [0.15, 0.2) is 0 Å². The van der Waals surface area contributed by atoms with E-state index < -0.39 is 0 Å². The lowest BCUT2D eigenvalue weighted by atomic mass is 10.1. The first-order valence-corrected chi connectivity index (χ1v) is 8.98. The van der Waals surface area contributed by atoms with E-state index in [1.165, 1.54) is 0 Å². The maximum atomic E-state index is 12.2. The third-order valence-corrected chi connectivity index (χ3v) is 4.52. The molecule has 3 aromatic rings. The van der Waals surface area contributed by atoms with Crippen molar-refractivity contribution in [1.82, 2.24) is 10.3 Å². The van der Waals surface area contributed by atoms with Crippen LogP contribution in [0.1, 0.15) is 29.0 Å². The summed E-state index contributed by atoms with van der Waals surface area (Å²) in [7, 11) is 1.64. The summed E-state index contributed by atoms with van der Waals surface area (Å²) in [5.41, 5.74) is 3.78. The predicted molar refractivity (Wildman–Crippen MR) is 105 cm³/mol. The molecule has 27 heavy (non-hydrogen) atoms. The molecule has 0 aliphatic carbocycles. The molecule has 0 aliphatic rings. The van der Waals surface area contributed by atoms with Gasteiger partial charge in [-0.1, -0.05) is 30.3 Å². The van der Waals surface area contributed by atoms with Crippen LogP contribution in [-0.2, 0) is 17.8 Å². The van der Waals surface area contributed by atoms with Crippen molar-refractivity contribution in [2.75, 3.05) is 7.11 Å². The Hall–Kier alpha value is -3.08. The quantitative estimate of drug-likeness (QED) is 0.682. The van der Waals surface area contributed by atoms with E-state index in [1.807, 2.05) is 56.3 Å². The number of hydrogen-bond acceptors (Lipinski definition) is 4. The average Bonchev–Trinajstić information content (AvgIpc) is 3.16. The fraction of sp³-hybridized carbons (Fsp3) is 0.273. The van der Waals surface area contributed by atoms with Gasteiger partial charge in [0.1, 0.15) is 17.3 Å². The van der Waals surface area contributed by atoms with Crippen molar-refractivity contribution < 1.29 is 13.9 Å². The van der Waals surface area contributed by atoms with Crippen LogP contribution in [0.2, 0.25) is 0 Å². The molecule has 0 aliphatic heterocycles. The highest BCUT2D eigenvalue weighted by Crippen LogP contribution is 2.24. The molecule has 0 radical (unpaired) electrons. The van der Waals surface area contributed by atoms with Gasteiger partial charge < -0.3 is 14.5 Å². The number of carbonyl (C=O) groups is 1. The second-order valence-electron chi connectivity index (χ2n) is 6.45. The van der Waals surface area contributed by atoms with Crippen LogP contribution in [0.5, 0.6) is 5.75 Å². The van der Waals surface area contributed by atoms with Gasteiger partial charge in [-0.05, 0) is 26.0 Å². The van der Waals surface area contributed by atoms with Crippen molar-refractivity contribution in [1.29, 1.82) is 0 Å². The highest BCUT2D eigenvalue weighted by Gasteiger charge is 2.11. The minimum Gasteiger partial charge on any atom is -0.496 e. The van der Waals surface area contributed by atoms with Gasteiger partial charge in [-0.25, -0.2) is 0 Å². The molecule has 0 atom stereocenters. The summed E-state index contributed by atoms with van der Waals surface area (Å²) < 4.78 is 11.2. The summed E-state index contributed by atoms with van der Waals surface area (Å²) in [4.78, 5) is 16.6. The SMILES string of the molecule is COc1c(C)cnc(CNC(=O)CCc2ccc(-c3ccccc3)o2)c1C. The maximum Gasteiger partial charge on any atom is 0.220 e. The van der Waals surface area contributed by atoms with E-state index in [0.717, 1.165) is 39.7 Å². The number of rotatable bonds is 7. The minimum absolute atomic E-state index is 0.0339. The highest BCUT2D eigenvalue weighted by molar-refractivity contribution is 5.76. The van der Waals surface area contributed by atoms with Crippen LogP contribution in [-0.4, -0.2) is 18.0 Å². The van der Waals surface area contributed by atoms with E-state index in [9.17, 15) is 4.79 Å². The Balaban J connectivity index is 1.53. The van der Waals surface area contributed by atoms with Crippen LogP contribution in [0.4, 0.5) is 0 Å². The third kappa shape index (κ3) is 4.56. The topological polar surface area (TPSA) is 64.4 Å². The zero-order valence-corrected chi connectivity index (χ0v) is 15.9. The number of hydrogen-bond donors (Lipinski definition) is 1. The summed E-state index contributed by atoms with van der Waals surface area (Å²) in [6, 6.07) is 13.8. The summed E-state index contributed by atoms with van der Waals surface area (Å²) in [6.45, 7) is 4.29. The van der Waals surface area contributed by atoms with Gasteiger partial charge in [0.05, 0.1) is 19.3 Å². The van der Waals surface area contributed by atoms with E-state index in [-0.39, 0.29) is 5.91 Å². The number of ether oxygens (including phenoxy) is 1. The number of nitrogens with one attached hydrogen (secondary N) is 1. The number of aromatic nitrogens is 1. The molecule has 3 rings (SSSR count). The van der Waals surface area contributed by atoms with Crippen molar-refractivity contribution in [3.05, 3.63) is 71.2 Å². The first kappa shape index (κ1) is 18.7. The number of methoxy groups -OCH3 is 1. The molecule has 0 saturated carbocycles. The molecular formula is C22H24N2O3. The molecule has 140 valence electrons. The fourth-order valence-corrected chi connectivity index (χ4v) is 3.03. The number of amides is 1. The molecule has 0 fully saturated rings. The second kappa shape index (κ2) is 8.54. The van der Waals surface area contributed by atoms with Crippen LogP contribution in [0, 0.1) is 13.8 Å². The van der Waals surface area contributed by atoms with Gasteiger partial charge in [-0.3, -0.25) is 9.78 Å². The van der Waals surface area contributed by atoms with Crippen molar-refractivity contribution in [2.24, 2.45) is 0 Å². The van der Waals surface area contributed by atoms with E-state index in [4.69, 9.17) is 9.15 Å². The zero-order valence-electron chi connectivity index (χ0n) is 15.9. The molecule has 1 amide bonds. The van der Waals surface area contributed by atoms with Gasteiger partial charge >= 0.3 is 0 Å². The van der Waals surface area contributed by atoms with Crippen molar-refractivity contribution in [3.8, 4) is 17.1 Å². The molecule has 2 heterocycles. The molecule has 5 heteroatoms. The highest BCUT2D eigenvalue weighted by atomic mass is 16.5. The Bertz CT molecular complexity index is 917. The average molecular weight is 364 g/mol. The summed E-state index contributed by atoms with van der Waals surface area (Å²) in [5, 5.41) is 2.92. The standard InChI is InChI=1S/C22H24N2O3/c1-15-13-23-19(16(2)22(15)26-3)14-24-21(25)12-10-18-9-11-20(27-18)17-7-5-4-6-8-17/h4-9,11,13H,10,12,14H2,1-3H3,(H,24,25). The maximum absolute atomic E-state index is 12.2. The lowest BCUT2D eigenvalue weighted by molar-refractivity contribution is -0.121. The molecule has 1 N–H and O–H groups in total. The Morgan fingerprint density at radius 2 is 1.93 bits per heavy atom. The first-order valence-electron chi connectivity index (χ1n) is 8.98. The molecule has 0 spiro atoms. The Kier molecular flexibility index (Phi) is 5.91. The molecule has 0 bridgehead atoms. The summed E-state index contributed by atoms with van der Waals surface area (Å²) >= 11 is 0. The van der Waals surface area contributed by atoms with Gasteiger partial charge in [0, 0.05) is 35.7 Å². The Morgan fingerprint density at radius 3 is 2.67 bits per heavy atom. The summed E-state index contributed by atoms with van der Waals surface area (Å²) in [5.74, 6) is 2.40. The van der Waals surface area contributed by atoms with Crippen molar-refractivity contribution in [3.63, 3.8) is 0 Å². The first-order chi connectivity index (χ1) is 13.1. The second-order valence-corrected chi connectivity index (χ2v) is 6.45. The smallest absolute Gasteiger partial charge is 0.220 e. The Morgan fingerprint density at radius 1 is 1.15 bits per heavy atom. The minimum atomic E-state index is -0.0339. The van der Waals surface area contributed by atoms with E-state index in [2.05, 4.69) is 10.3 Å². The normalized spacial score (nSPS) is 10.6. The van der Waals surface area contributed by atoms with Gasteiger partial charge in [0.25, 0.3) is 0 Å². The zero-order chi connectivity index (χ0) is 19.2. The molecule has 1 aromatic carbocycles. The van der Waals surface area contributed by atoms with Crippen LogP contribution >= 0.6 is 0 Å². The predicted octanol–water partition coefficient (Wildman–Crippen LogP) is 4.22. The van der Waals surface area contributed by atoms with Gasteiger partial charge in [-0.2, -0.15) is 0 Å². The van der Waals surface area contributed by atoms with Crippen molar-refractivity contribution in [2.45, 2.75) is 33.2 Å². The van der Waals surface area contributed by atoms with Crippen LogP contribution in [0.3, 0.4) is 0 Å². The van der Waals surface area contributed by atoms with Crippen molar-refractivity contribution >= 4 is 5.91 Å². The largest absolute Gasteiger partial charge is 0.496 e. The lowest BCUT2D eigenvalue weighted by Crippen LogP contribution is -2.24. The molecule has 0 saturated heterocycles. The Labute approximate surface area is 159 Å². The van der Waals surface area contributed by atoms with Crippen LogP contribution in [0.15, 0.2) is 53.1 Å². The third-order valence-electron chi connectivity index (χ3n) is 4.52. The number of benzene rings is 1. The molecule has 2 aromatic heterocycles. The van der Waals surface area contributed by atoms with E-state index >= 15 is 0 Å². The van der Waals surface area contributed by atoms with E-state index in [0.29, 0.717) is 19.4 Å². The monoisotopic (exact) mass is 364 g/mol. The number of pyridine rings is 1. The summed E-state index contributed by atoms with van der Waals surface area (Å²) in [6.07, 6.45) is 2.69. The fourth-order valence-electron chi connectivity index (χ4n) is 3.03. The molecule has 5 nitrogen and oxygen atoms in total. The van der Waals surface area contributed by atoms with Crippen LogP contribution in [0.25, 0.3) is 11.3 Å². The van der Waals surface area contributed by atoms with Gasteiger partial charge in [0.2, 0.25) is 5.91 Å². The number of furan rings is 1. The lowest BCUT2D eigenvalue weighted by Gasteiger charge is -2.12. The molecular weight excluding hydrogens is 340 g/mol. The number of aryl methyl sites for hydroxylation is 2. The molecule has 0 unspecified atom stereocenters. The number of nitrogens with zero attached hydrogens (tertiary/aromatic N) is 1. The van der Waals surface area contributed by atoms with Crippen LogP contribution < -0.4 is 10.1 Å².